The molecular formula is C16H10BBr2F3N2. The second-order valence-corrected chi connectivity index (χ2v) is 7.39. The summed E-state index contributed by atoms with van der Waals surface area (Å²) in [7, 11) is 0. The van der Waals surface area contributed by atoms with Gasteiger partial charge >= 0.3 is 6.97 Å². The van der Waals surface area contributed by atoms with Crippen molar-refractivity contribution in [2.75, 3.05) is 0 Å². The van der Waals surface area contributed by atoms with Crippen molar-refractivity contribution in [1.82, 2.24) is 4.48 Å². The minimum atomic E-state index is -4.09. The van der Waals surface area contributed by atoms with Gasteiger partial charge in [0.1, 0.15) is 5.82 Å². The van der Waals surface area contributed by atoms with E-state index in [-0.39, 0.29) is 20.6 Å². The number of fused-ring (bicyclic) bond motifs is 2. The highest BCUT2D eigenvalue weighted by atomic mass is 79.9. The molecule has 0 saturated carbocycles. The van der Waals surface area contributed by atoms with Gasteiger partial charge in [0, 0.05) is 39.3 Å². The van der Waals surface area contributed by atoms with E-state index >= 15 is 8.63 Å². The van der Waals surface area contributed by atoms with Gasteiger partial charge in [-0.1, -0.05) is 12.1 Å². The van der Waals surface area contributed by atoms with E-state index in [1.165, 1.54) is 6.07 Å². The minimum absolute atomic E-state index is 0.249. The molecule has 0 bridgehead atoms. The quantitative estimate of drug-likeness (QED) is 0.528. The topological polar surface area (TPSA) is 7.94 Å². The zero-order valence-corrected chi connectivity index (χ0v) is 15.6. The molecule has 2 aromatic rings. The number of rotatable bonds is 1. The second-order valence-electron chi connectivity index (χ2n) is 5.77. The number of allylic oxidation sites excluding steroid dienone is 2. The molecule has 0 atom stereocenters. The SMILES string of the molecule is Cc1ccc(C2=C3C=CC(Br)=[N+]3[B-](F)(F)n3c(Br)ccc32)c(F)c1. The van der Waals surface area contributed by atoms with Crippen LogP contribution in [-0.4, -0.2) is 20.6 Å². The Morgan fingerprint density at radius 2 is 1.83 bits per heavy atom. The van der Waals surface area contributed by atoms with Gasteiger partial charge in [-0.2, -0.15) is 0 Å². The van der Waals surface area contributed by atoms with E-state index in [1.54, 1.807) is 43.3 Å². The monoisotopic (exact) mass is 456 g/mol. The van der Waals surface area contributed by atoms with Crippen LogP contribution in [0, 0.1) is 12.7 Å². The lowest BCUT2D eigenvalue weighted by Crippen LogP contribution is -2.50. The fourth-order valence-corrected chi connectivity index (χ4v) is 4.37. The van der Waals surface area contributed by atoms with E-state index in [0.717, 1.165) is 14.5 Å². The molecule has 0 fully saturated rings. The van der Waals surface area contributed by atoms with Crippen molar-refractivity contribution in [2.24, 2.45) is 0 Å². The summed E-state index contributed by atoms with van der Waals surface area (Å²) in [5.74, 6) is -0.435. The van der Waals surface area contributed by atoms with Crippen molar-refractivity contribution in [3.63, 3.8) is 0 Å². The Balaban J connectivity index is 2.12. The fraction of sp³-hybridized carbons (Fsp3) is 0.0625. The Labute approximate surface area is 153 Å². The fourth-order valence-electron chi connectivity index (χ4n) is 3.23. The van der Waals surface area contributed by atoms with Crippen molar-refractivity contribution in [2.45, 2.75) is 6.92 Å². The molecule has 3 heterocycles. The molecule has 122 valence electrons. The van der Waals surface area contributed by atoms with Gasteiger partial charge in [0.05, 0.1) is 10.2 Å². The maximum atomic E-state index is 15.1. The van der Waals surface area contributed by atoms with E-state index in [0.29, 0.717) is 11.1 Å². The standard InChI is InChI=1S/C16H10BBr2F3N2/c1-9-2-3-10(11(20)8-9)16-12-4-6-14(18)23(12)17(21,22)24-13(16)5-7-15(24)19/h2-8H,1H3. The number of hydrogen-bond donors (Lipinski definition) is 0. The van der Waals surface area contributed by atoms with Gasteiger partial charge < -0.3 is 17.6 Å². The molecule has 0 spiro atoms. The van der Waals surface area contributed by atoms with E-state index in [2.05, 4.69) is 31.9 Å². The average Bonchev–Trinajstić information content (AvgIpc) is 3.06. The van der Waals surface area contributed by atoms with Crippen LogP contribution in [0.5, 0.6) is 0 Å². The van der Waals surface area contributed by atoms with Crippen LogP contribution in [0.2, 0.25) is 0 Å². The normalized spacial score (nSPS) is 18.2. The lowest BCUT2D eigenvalue weighted by atomic mass is 9.86. The molecule has 24 heavy (non-hydrogen) atoms. The van der Waals surface area contributed by atoms with Gasteiger partial charge in [0.25, 0.3) is 0 Å². The van der Waals surface area contributed by atoms with Crippen LogP contribution < -0.4 is 0 Å². The first-order valence-corrected chi connectivity index (χ1v) is 8.81. The molecule has 2 aliphatic heterocycles. The van der Waals surface area contributed by atoms with Gasteiger partial charge in [-0.3, -0.25) is 0 Å². The zero-order valence-electron chi connectivity index (χ0n) is 12.4. The van der Waals surface area contributed by atoms with Crippen molar-refractivity contribution < 1.29 is 17.5 Å². The third kappa shape index (κ3) is 2.05. The van der Waals surface area contributed by atoms with Crippen LogP contribution in [0.4, 0.5) is 13.0 Å². The predicted molar refractivity (Wildman–Crippen MR) is 96.0 cm³/mol. The van der Waals surface area contributed by atoms with Gasteiger partial charge in [0.15, 0.2) is 5.70 Å². The third-order valence-corrected chi connectivity index (χ3v) is 5.56. The summed E-state index contributed by atoms with van der Waals surface area (Å²) in [5.41, 5.74) is 2.08. The molecular weight excluding hydrogens is 448 g/mol. The van der Waals surface area contributed by atoms with E-state index in [4.69, 9.17) is 0 Å². The van der Waals surface area contributed by atoms with Crippen LogP contribution >= 0.6 is 31.9 Å². The van der Waals surface area contributed by atoms with Crippen molar-refractivity contribution in [1.29, 1.82) is 0 Å². The average molecular weight is 458 g/mol. The van der Waals surface area contributed by atoms with Crippen LogP contribution in [0.25, 0.3) is 5.57 Å². The van der Waals surface area contributed by atoms with Crippen molar-refractivity contribution in [3.05, 3.63) is 75.4 Å². The van der Waals surface area contributed by atoms with Crippen LogP contribution in [0.15, 0.2) is 52.8 Å². The van der Waals surface area contributed by atoms with E-state index < -0.39 is 12.8 Å². The van der Waals surface area contributed by atoms with E-state index in [1.807, 2.05) is 0 Å². The van der Waals surface area contributed by atoms with Gasteiger partial charge in [-0.25, -0.2) is 4.39 Å². The maximum Gasteiger partial charge on any atom is 0.738 e. The molecule has 2 nitrogen and oxygen atoms in total. The Morgan fingerprint density at radius 1 is 1.08 bits per heavy atom. The Hall–Kier alpha value is -1.54. The Bertz CT molecular complexity index is 989. The maximum absolute atomic E-state index is 15.1. The molecule has 0 aliphatic carbocycles. The van der Waals surface area contributed by atoms with E-state index in [9.17, 15) is 4.39 Å². The first-order chi connectivity index (χ1) is 11.3. The molecule has 0 saturated heterocycles. The Morgan fingerprint density at radius 3 is 2.54 bits per heavy atom. The number of halogens is 5. The number of hydrogen-bond acceptors (Lipinski definition) is 0. The highest BCUT2D eigenvalue weighted by molar-refractivity contribution is 9.18. The summed E-state index contributed by atoms with van der Waals surface area (Å²) in [5, 5.41) is 0. The largest absolute Gasteiger partial charge is 0.738 e. The second kappa shape index (κ2) is 5.23. The summed E-state index contributed by atoms with van der Waals surface area (Å²) < 4.78 is 47.0. The summed E-state index contributed by atoms with van der Waals surface area (Å²) in [6.45, 7) is -2.30. The third-order valence-electron chi connectivity index (χ3n) is 4.26. The molecule has 0 amide bonds. The van der Waals surface area contributed by atoms with Crippen LogP contribution in [-0.2, 0) is 0 Å². The molecule has 4 rings (SSSR count). The minimum Gasteiger partial charge on any atom is -0.389 e. The number of aromatic nitrogens is 1. The summed E-state index contributed by atoms with van der Waals surface area (Å²) in [4.78, 5) is 0. The summed E-state index contributed by atoms with van der Waals surface area (Å²) >= 11 is 6.37. The smallest absolute Gasteiger partial charge is 0.389 e. The molecule has 0 unspecified atom stereocenters. The predicted octanol–water partition coefficient (Wildman–Crippen LogP) is 5.07. The van der Waals surface area contributed by atoms with Crippen LogP contribution in [0.3, 0.4) is 0 Å². The van der Waals surface area contributed by atoms with Crippen molar-refractivity contribution >= 4 is 49.0 Å². The number of benzene rings is 1. The first-order valence-electron chi connectivity index (χ1n) is 7.22. The number of nitrogens with zero attached hydrogens (tertiary/aromatic N) is 2. The van der Waals surface area contributed by atoms with Gasteiger partial charge in [-0.05, 0) is 46.6 Å². The van der Waals surface area contributed by atoms with Gasteiger partial charge in [0.2, 0.25) is 4.62 Å². The zero-order chi connectivity index (χ0) is 17.2. The Kier molecular flexibility index (Phi) is 3.48. The highest BCUT2D eigenvalue weighted by Crippen LogP contribution is 2.42. The lowest BCUT2D eigenvalue weighted by Gasteiger charge is -2.32. The van der Waals surface area contributed by atoms with Crippen LogP contribution in [0.1, 0.15) is 16.8 Å². The van der Waals surface area contributed by atoms with Crippen molar-refractivity contribution in [3.8, 4) is 0 Å². The first kappa shape index (κ1) is 16.0. The molecule has 8 heteroatoms. The molecule has 1 aromatic carbocycles. The molecule has 2 aliphatic rings. The lowest BCUT2D eigenvalue weighted by molar-refractivity contribution is -0.358. The summed E-state index contributed by atoms with van der Waals surface area (Å²) in [6.07, 6.45) is 3.14. The molecule has 1 aromatic heterocycles. The summed E-state index contributed by atoms with van der Waals surface area (Å²) in [6, 6.07) is 7.95. The molecule has 0 N–H and O–H groups in total. The van der Waals surface area contributed by atoms with Gasteiger partial charge in [-0.15, -0.1) is 0 Å². The number of aryl methyl sites for hydroxylation is 1. The molecule has 0 radical (unpaired) electrons. The highest BCUT2D eigenvalue weighted by Gasteiger charge is 2.54.